The van der Waals surface area contributed by atoms with E-state index in [0.717, 1.165) is 57.2 Å². The molecule has 5 aromatic rings. The van der Waals surface area contributed by atoms with Crippen LogP contribution in [0.15, 0.2) is 203 Å². The summed E-state index contributed by atoms with van der Waals surface area (Å²) in [6.07, 6.45) is 45.8. The molecule has 4 aromatic carbocycles. The van der Waals surface area contributed by atoms with Crippen LogP contribution < -0.4 is 21.2 Å². The van der Waals surface area contributed by atoms with Gasteiger partial charge in [-0.15, -0.1) is 11.8 Å². The molecule has 68 heavy (non-hydrogen) atoms. The fraction of sp³-hybridized carbons (Fsp3) is 0.222. The zero-order valence-corrected chi connectivity index (χ0v) is 39.2. The van der Waals surface area contributed by atoms with Gasteiger partial charge in [0.25, 0.3) is 0 Å². The Morgan fingerprint density at radius 2 is 1.57 bits per heavy atom. The van der Waals surface area contributed by atoms with Crippen LogP contribution in [-0.2, 0) is 0 Å². The fourth-order valence-electron chi connectivity index (χ4n) is 12.0. The van der Waals surface area contributed by atoms with Crippen molar-refractivity contribution in [1.29, 1.82) is 0 Å². The largest absolute Gasteiger partial charge is 0.351 e. The van der Waals surface area contributed by atoms with E-state index in [-0.39, 0.29) is 29.4 Å². The molecule has 6 unspecified atom stereocenters. The van der Waals surface area contributed by atoms with Gasteiger partial charge in [0.05, 0.1) is 11.3 Å². The number of amidine groups is 1. The lowest BCUT2D eigenvalue weighted by atomic mass is 9.78. The third-order valence-electron chi connectivity index (χ3n) is 15.3. The van der Waals surface area contributed by atoms with Crippen molar-refractivity contribution in [3.8, 4) is 11.1 Å². The second-order valence-electron chi connectivity index (χ2n) is 19.3. The normalized spacial score (nSPS) is 25.3. The third-order valence-corrected chi connectivity index (χ3v) is 16.7. The molecule has 6 aliphatic carbocycles. The monoisotopic (exact) mass is 900 g/mol. The van der Waals surface area contributed by atoms with Crippen LogP contribution in [0.2, 0.25) is 0 Å². The molecule has 6 atom stereocenters. The van der Waals surface area contributed by atoms with E-state index in [4.69, 9.17) is 4.99 Å². The summed E-state index contributed by atoms with van der Waals surface area (Å²) in [4.78, 5) is 7.06. The minimum atomic E-state index is -0.293. The van der Waals surface area contributed by atoms with Crippen molar-refractivity contribution in [1.82, 2.24) is 15.2 Å². The number of rotatable bonds is 8. The van der Waals surface area contributed by atoms with Crippen LogP contribution in [0.3, 0.4) is 0 Å². The number of aliphatic imine (C=N–C) groups is 1. The highest BCUT2D eigenvalue weighted by Gasteiger charge is 2.42. The lowest BCUT2D eigenvalue weighted by Crippen LogP contribution is -2.45. The van der Waals surface area contributed by atoms with Crippen molar-refractivity contribution >= 4 is 41.4 Å². The zero-order valence-electron chi connectivity index (χ0n) is 38.4. The molecule has 0 bridgehead atoms. The summed E-state index contributed by atoms with van der Waals surface area (Å²) < 4.78 is 2.72. The number of fused-ring (bicyclic) bond motifs is 7. The van der Waals surface area contributed by atoms with Gasteiger partial charge in [-0.05, 0) is 119 Å². The smallest absolute Gasteiger partial charge is 0.130 e. The first kappa shape index (κ1) is 41.5. The van der Waals surface area contributed by atoms with Gasteiger partial charge in [-0.3, -0.25) is 5.32 Å². The van der Waals surface area contributed by atoms with E-state index in [2.05, 4.69) is 221 Å². The Morgan fingerprint density at radius 1 is 0.691 bits per heavy atom. The fourth-order valence-corrected chi connectivity index (χ4v) is 13.6. The summed E-state index contributed by atoms with van der Waals surface area (Å²) in [6, 6.07) is 36.7. The lowest BCUT2D eigenvalue weighted by molar-refractivity contribution is 0.408. The number of nitrogens with zero attached hydrogens (tertiary/aromatic N) is 2. The van der Waals surface area contributed by atoms with Crippen LogP contribution in [0.1, 0.15) is 126 Å². The topological polar surface area (TPSA) is 41.4 Å². The first-order chi connectivity index (χ1) is 33.7. The van der Waals surface area contributed by atoms with Gasteiger partial charge in [-0.1, -0.05) is 188 Å². The molecular weight excluding hydrogens is 845 g/mol. The summed E-state index contributed by atoms with van der Waals surface area (Å²) >= 11 is 2.07. The molecule has 4 nitrogen and oxygen atoms in total. The van der Waals surface area contributed by atoms with E-state index in [9.17, 15) is 0 Å². The minimum Gasteiger partial charge on any atom is -0.351 e. The van der Waals surface area contributed by atoms with Crippen LogP contribution in [-0.4, -0.2) is 10.4 Å². The second-order valence-corrected chi connectivity index (χ2v) is 20.5. The van der Waals surface area contributed by atoms with Crippen molar-refractivity contribution in [2.45, 2.75) is 91.7 Å². The van der Waals surface area contributed by atoms with Gasteiger partial charge in [0, 0.05) is 38.6 Å². The molecule has 2 aliphatic heterocycles. The van der Waals surface area contributed by atoms with Gasteiger partial charge in [0.2, 0.25) is 0 Å². The first-order valence-electron chi connectivity index (χ1n) is 25.0. The summed E-state index contributed by atoms with van der Waals surface area (Å²) in [5, 5.41) is 11.0. The Balaban J connectivity index is 0.958. The number of thioether (sulfide) groups is 1. The molecule has 0 fully saturated rings. The Labute approximate surface area is 404 Å². The molecular formula is C63H56N4S. The van der Waals surface area contributed by atoms with Crippen molar-refractivity contribution in [2.24, 2.45) is 4.99 Å². The van der Waals surface area contributed by atoms with Gasteiger partial charge < -0.3 is 9.88 Å². The standard InChI is InChI=1S/C63H56N4S/c1-6-19-41(20-7-1)48-35-33-45(39-54(48)42-21-8-2-9-22-42)46-34-36-49(55(40-46)63-65-61(43-23-10-3-11-24-43)64-62(66-63)44-25-12-4-13-26-44)51-30-18-32-57-58(51)53-38-37-52-50-29-16-17-31-56(50)67(59(52)60(53)68-57)47-27-14-5-15-28-47/h2-6,8-12,14-15,18-25,27,29-38,40,45,47,53,60-61,63,65H,1,7,13,16-17,26,28,39H2,(H,64,66). The molecule has 0 amide bonds. The van der Waals surface area contributed by atoms with Crippen molar-refractivity contribution in [3.05, 3.63) is 242 Å². The molecule has 5 heteroatoms. The van der Waals surface area contributed by atoms with Crippen LogP contribution >= 0.6 is 11.8 Å². The molecule has 0 spiro atoms. The van der Waals surface area contributed by atoms with Gasteiger partial charge in [0.15, 0.2) is 0 Å². The van der Waals surface area contributed by atoms with Crippen molar-refractivity contribution < 1.29 is 0 Å². The molecule has 2 N–H and O–H groups in total. The Bertz CT molecular complexity index is 3290. The van der Waals surface area contributed by atoms with E-state index < -0.39 is 0 Å². The summed E-state index contributed by atoms with van der Waals surface area (Å²) in [6.45, 7) is 0. The molecule has 3 heterocycles. The maximum atomic E-state index is 5.67. The molecule has 334 valence electrons. The van der Waals surface area contributed by atoms with E-state index in [0.29, 0.717) is 6.04 Å². The number of allylic oxidation sites excluding steroid dienone is 16. The Morgan fingerprint density at radius 3 is 2.41 bits per heavy atom. The van der Waals surface area contributed by atoms with Gasteiger partial charge in [0.1, 0.15) is 18.2 Å². The Kier molecular flexibility index (Phi) is 10.9. The van der Waals surface area contributed by atoms with Crippen LogP contribution in [0, 0.1) is 0 Å². The quantitative estimate of drug-likeness (QED) is 0.163. The van der Waals surface area contributed by atoms with Gasteiger partial charge >= 0.3 is 0 Å². The van der Waals surface area contributed by atoms with E-state index in [1.165, 1.54) is 88.0 Å². The maximum absolute atomic E-state index is 5.67. The number of benzene rings is 4. The second kappa shape index (κ2) is 17.8. The first-order valence-corrected chi connectivity index (χ1v) is 25.9. The minimum absolute atomic E-state index is 0.115. The van der Waals surface area contributed by atoms with Crippen LogP contribution in [0.5, 0.6) is 0 Å². The number of aromatic nitrogens is 1. The average Bonchev–Trinajstić information content (AvgIpc) is 3.98. The molecule has 1 aromatic heterocycles. The zero-order chi connectivity index (χ0) is 45.0. The summed E-state index contributed by atoms with van der Waals surface area (Å²) in [7, 11) is 0. The van der Waals surface area contributed by atoms with E-state index >= 15 is 0 Å². The van der Waals surface area contributed by atoms with Gasteiger partial charge in [-0.25, -0.2) is 4.99 Å². The number of hydrogen-bond donors (Lipinski definition) is 2. The predicted octanol–water partition coefficient (Wildman–Crippen LogP) is 13.9. The van der Waals surface area contributed by atoms with Crippen LogP contribution in [0.25, 0.3) is 34.9 Å². The van der Waals surface area contributed by atoms with Crippen molar-refractivity contribution in [2.75, 3.05) is 0 Å². The van der Waals surface area contributed by atoms with Crippen LogP contribution in [0.4, 0.5) is 0 Å². The molecule has 0 saturated carbocycles. The number of nitrogens with one attached hydrogen (secondary N) is 2. The SMILES string of the molecule is C1=CCCC(C2=NC(c3cc(C4C=CC(C5=CCCC=C5)=C(c5ccccc5)C4)ccc3-c3cccc4c3C3C=Cc5c(n(C6C=CC=CC6)c6c5=CCCC=6)C3S4)NC(c3ccccc3)N2)=C1. The predicted molar refractivity (Wildman–Crippen MR) is 284 cm³/mol. The van der Waals surface area contributed by atoms with E-state index in [1.54, 1.807) is 0 Å². The highest BCUT2D eigenvalue weighted by atomic mass is 32.2. The maximum Gasteiger partial charge on any atom is 0.130 e. The molecule has 8 aliphatic rings. The molecule has 0 radical (unpaired) electrons. The van der Waals surface area contributed by atoms with E-state index in [1.807, 2.05) is 0 Å². The molecule has 13 rings (SSSR count). The average molecular weight is 901 g/mol. The van der Waals surface area contributed by atoms with Crippen molar-refractivity contribution in [3.63, 3.8) is 0 Å². The highest BCUT2D eigenvalue weighted by Crippen LogP contribution is 2.60. The number of hydrogen-bond acceptors (Lipinski definition) is 4. The highest BCUT2D eigenvalue weighted by molar-refractivity contribution is 8.00. The lowest BCUT2D eigenvalue weighted by Gasteiger charge is -2.34. The Hall–Kier alpha value is -6.66. The summed E-state index contributed by atoms with van der Waals surface area (Å²) in [5.41, 5.74) is 17.3. The molecule has 0 saturated heterocycles. The van der Waals surface area contributed by atoms with Gasteiger partial charge in [-0.2, -0.15) is 0 Å². The third kappa shape index (κ3) is 7.39. The summed E-state index contributed by atoms with van der Waals surface area (Å²) in [5.74, 6) is 1.42.